The quantitative estimate of drug-likeness (QED) is 0.679. The van der Waals surface area contributed by atoms with Crippen LogP contribution in [0, 0.1) is 5.82 Å². The van der Waals surface area contributed by atoms with E-state index in [1.165, 1.54) is 6.07 Å². The van der Waals surface area contributed by atoms with E-state index in [-0.39, 0.29) is 11.6 Å². The van der Waals surface area contributed by atoms with Crippen LogP contribution >= 0.6 is 0 Å². The molecule has 2 nitrogen and oxygen atoms in total. The maximum atomic E-state index is 13.3. The predicted molar refractivity (Wildman–Crippen MR) is 52.9 cm³/mol. The average molecular weight is 193 g/mol. The Morgan fingerprint density at radius 3 is 2.43 bits per heavy atom. The number of ketones is 1. The van der Waals surface area contributed by atoms with Crippen LogP contribution in [0.15, 0.2) is 24.3 Å². The third-order valence-electron chi connectivity index (χ3n) is 2.51. The van der Waals surface area contributed by atoms with E-state index in [1.54, 1.807) is 12.1 Å². The number of anilines is 1. The molecule has 0 radical (unpaired) electrons. The van der Waals surface area contributed by atoms with Crippen molar-refractivity contribution in [2.75, 3.05) is 18.0 Å². The fourth-order valence-electron chi connectivity index (χ4n) is 1.71. The molecule has 14 heavy (non-hydrogen) atoms. The Labute approximate surface area is 82.3 Å². The third-order valence-corrected chi connectivity index (χ3v) is 2.51. The van der Waals surface area contributed by atoms with Gasteiger partial charge in [0.25, 0.3) is 0 Å². The Kier molecular flexibility index (Phi) is 2.48. The number of para-hydroxylation sites is 1. The van der Waals surface area contributed by atoms with E-state index < -0.39 is 0 Å². The van der Waals surface area contributed by atoms with Crippen LogP contribution in [0.2, 0.25) is 0 Å². The van der Waals surface area contributed by atoms with Crippen LogP contribution < -0.4 is 4.90 Å². The third kappa shape index (κ3) is 1.76. The second-order valence-corrected chi connectivity index (χ2v) is 3.48. The maximum Gasteiger partial charge on any atom is 0.146 e. The number of nitrogens with zero attached hydrogens (tertiary/aromatic N) is 1. The maximum absolute atomic E-state index is 13.3. The van der Waals surface area contributed by atoms with Gasteiger partial charge in [0.2, 0.25) is 0 Å². The topological polar surface area (TPSA) is 20.3 Å². The Balaban J connectivity index is 2.16. The molecule has 0 bridgehead atoms. The van der Waals surface area contributed by atoms with Gasteiger partial charge in [0.15, 0.2) is 0 Å². The molecule has 1 heterocycles. The zero-order chi connectivity index (χ0) is 9.97. The molecule has 1 aliphatic rings. The van der Waals surface area contributed by atoms with E-state index in [2.05, 4.69) is 0 Å². The normalized spacial score (nSPS) is 17.2. The van der Waals surface area contributed by atoms with E-state index in [0.29, 0.717) is 31.6 Å². The summed E-state index contributed by atoms with van der Waals surface area (Å²) in [6.07, 6.45) is 1.07. The lowest BCUT2D eigenvalue weighted by atomic mass is 10.1. The number of Topliss-reactive ketones (excluding diaryl/α,β-unsaturated/α-hetero) is 1. The monoisotopic (exact) mass is 193 g/mol. The second-order valence-electron chi connectivity index (χ2n) is 3.48. The first kappa shape index (κ1) is 9.19. The van der Waals surface area contributed by atoms with E-state index in [0.717, 1.165) is 0 Å². The van der Waals surface area contributed by atoms with Gasteiger partial charge in [0.1, 0.15) is 11.6 Å². The van der Waals surface area contributed by atoms with Crippen molar-refractivity contribution >= 4 is 11.5 Å². The molecule has 0 N–H and O–H groups in total. The van der Waals surface area contributed by atoms with Crippen LogP contribution in [0.4, 0.5) is 10.1 Å². The highest BCUT2D eigenvalue weighted by Gasteiger charge is 2.18. The van der Waals surface area contributed by atoms with E-state index in [1.807, 2.05) is 11.0 Å². The van der Waals surface area contributed by atoms with Crippen LogP contribution in [0.3, 0.4) is 0 Å². The molecule has 0 spiro atoms. The first-order chi connectivity index (χ1) is 6.77. The molecule has 3 heteroatoms. The van der Waals surface area contributed by atoms with Crippen molar-refractivity contribution in [3.05, 3.63) is 30.1 Å². The zero-order valence-corrected chi connectivity index (χ0v) is 7.87. The smallest absolute Gasteiger partial charge is 0.146 e. The molecule has 0 aromatic heterocycles. The van der Waals surface area contributed by atoms with Gasteiger partial charge in [-0.1, -0.05) is 12.1 Å². The lowest BCUT2D eigenvalue weighted by Crippen LogP contribution is -2.34. The van der Waals surface area contributed by atoms with Gasteiger partial charge in [-0.2, -0.15) is 0 Å². The Hall–Kier alpha value is -1.38. The summed E-state index contributed by atoms with van der Waals surface area (Å²) in [5.41, 5.74) is 0.611. The molecular weight excluding hydrogens is 181 g/mol. The lowest BCUT2D eigenvalue weighted by Gasteiger charge is -2.28. The van der Waals surface area contributed by atoms with Crippen LogP contribution in [0.25, 0.3) is 0 Å². The molecule has 1 saturated heterocycles. The first-order valence-electron chi connectivity index (χ1n) is 4.78. The number of hydrogen-bond donors (Lipinski definition) is 0. The summed E-state index contributed by atoms with van der Waals surface area (Å²) < 4.78 is 13.3. The van der Waals surface area contributed by atoms with Crippen LogP contribution in [0.5, 0.6) is 0 Å². The van der Waals surface area contributed by atoms with Gasteiger partial charge < -0.3 is 4.90 Å². The summed E-state index contributed by atoms with van der Waals surface area (Å²) in [5, 5.41) is 0. The number of benzene rings is 1. The average Bonchev–Trinajstić information content (AvgIpc) is 2.20. The number of carbonyl (C=O) groups excluding carboxylic acids is 1. The second kappa shape index (κ2) is 3.78. The molecular formula is C11H12FNO. The van der Waals surface area contributed by atoms with Gasteiger partial charge in [-0.15, -0.1) is 0 Å². The van der Waals surface area contributed by atoms with E-state index in [9.17, 15) is 9.18 Å². The van der Waals surface area contributed by atoms with Crippen molar-refractivity contribution in [3.8, 4) is 0 Å². The highest BCUT2D eigenvalue weighted by molar-refractivity contribution is 5.81. The zero-order valence-electron chi connectivity index (χ0n) is 7.87. The number of rotatable bonds is 1. The minimum atomic E-state index is -0.207. The molecule has 1 aromatic rings. The number of piperidine rings is 1. The van der Waals surface area contributed by atoms with Gasteiger partial charge in [-0.05, 0) is 12.1 Å². The van der Waals surface area contributed by atoms with Crippen LogP contribution in [0.1, 0.15) is 12.8 Å². The van der Waals surface area contributed by atoms with Gasteiger partial charge in [0.05, 0.1) is 5.69 Å². The summed E-state index contributed by atoms with van der Waals surface area (Å²) in [7, 11) is 0. The molecule has 1 aromatic carbocycles. The first-order valence-corrected chi connectivity index (χ1v) is 4.78. The minimum absolute atomic E-state index is 0.207. The van der Waals surface area contributed by atoms with Crippen molar-refractivity contribution < 1.29 is 9.18 Å². The standard InChI is InChI=1S/C11H12FNO/c12-10-3-1-2-4-11(10)13-7-5-9(14)6-8-13/h1-4H,5-8H2. The van der Waals surface area contributed by atoms with Gasteiger partial charge >= 0.3 is 0 Å². The Bertz CT molecular complexity index is 341. The molecule has 0 unspecified atom stereocenters. The fourth-order valence-corrected chi connectivity index (χ4v) is 1.71. The molecule has 0 atom stereocenters. The van der Waals surface area contributed by atoms with Crippen molar-refractivity contribution in [1.29, 1.82) is 0 Å². The lowest BCUT2D eigenvalue weighted by molar-refractivity contribution is -0.119. The van der Waals surface area contributed by atoms with Crippen LogP contribution in [-0.2, 0) is 4.79 Å². The summed E-state index contributed by atoms with van der Waals surface area (Å²) >= 11 is 0. The number of halogens is 1. The highest BCUT2D eigenvalue weighted by Crippen LogP contribution is 2.21. The van der Waals surface area contributed by atoms with Crippen molar-refractivity contribution in [1.82, 2.24) is 0 Å². The molecule has 1 fully saturated rings. The Morgan fingerprint density at radius 1 is 1.14 bits per heavy atom. The van der Waals surface area contributed by atoms with Gasteiger partial charge in [-0.25, -0.2) is 4.39 Å². The van der Waals surface area contributed by atoms with Crippen molar-refractivity contribution in [2.24, 2.45) is 0 Å². The molecule has 0 saturated carbocycles. The SMILES string of the molecule is O=C1CCN(c2ccccc2F)CC1. The summed E-state index contributed by atoms with van der Waals surface area (Å²) in [6.45, 7) is 1.28. The Morgan fingerprint density at radius 2 is 1.79 bits per heavy atom. The van der Waals surface area contributed by atoms with E-state index >= 15 is 0 Å². The highest BCUT2D eigenvalue weighted by atomic mass is 19.1. The van der Waals surface area contributed by atoms with Crippen molar-refractivity contribution in [2.45, 2.75) is 12.8 Å². The van der Waals surface area contributed by atoms with Gasteiger partial charge in [-0.3, -0.25) is 4.79 Å². The van der Waals surface area contributed by atoms with E-state index in [4.69, 9.17) is 0 Å². The van der Waals surface area contributed by atoms with Gasteiger partial charge in [0, 0.05) is 25.9 Å². The molecule has 0 amide bonds. The minimum Gasteiger partial charge on any atom is -0.368 e. The van der Waals surface area contributed by atoms with Crippen molar-refractivity contribution in [3.63, 3.8) is 0 Å². The molecule has 1 aliphatic heterocycles. The van der Waals surface area contributed by atoms with Crippen LogP contribution in [-0.4, -0.2) is 18.9 Å². The molecule has 74 valence electrons. The number of carbonyl (C=O) groups is 1. The largest absolute Gasteiger partial charge is 0.368 e. The fraction of sp³-hybridized carbons (Fsp3) is 0.364. The molecule has 0 aliphatic carbocycles. The summed E-state index contributed by atoms with van der Waals surface area (Å²) in [5.74, 6) is 0.0689. The number of hydrogen-bond acceptors (Lipinski definition) is 2. The molecule has 2 rings (SSSR count). The summed E-state index contributed by atoms with van der Waals surface area (Å²) in [4.78, 5) is 12.9. The predicted octanol–water partition coefficient (Wildman–Crippen LogP) is 2.00. The summed E-state index contributed by atoms with van der Waals surface area (Å²) in [6, 6.07) is 6.69.